The van der Waals surface area contributed by atoms with Gasteiger partial charge in [0.2, 0.25) is 5.91 Å². The fourth-order valence-corrected chi connectivity index (χ4v) is 3.34. The molecule has 1 aliphatic heterocycles. The molecule has 0 spiro atoms. The largest absolute Gasteiger partial charge is 0.325 e. The highest BCUT2D eigenvalue weighted by Gasteiger charge is 2.25. The van der Waals surface area contributed by atoms with Crippen LogP contribution in [0.15, 0.2) is 29.2 Å². The number of rotatable bonds is 3. The predicted octanol–water partition coefficient (Wildman–Crippen LogP) is 1.42. The molecule has 1 aromatic rings. The molecule has 0 aromatic heterocycles. The lowest BCUT2D eigenvalue weighted by molar-refractivity contribution is -0.120. The normalized spacial score (nSPS) is 23.3. The summed E-state index contributed by atoms with van der Waals surface area (Å²) in [7, 11) is -3.35. The minimum absolute atomic E-state index is 0.0705. The average molecular weight is 296 g/mol. The molecule has 0 radical (unpaired) electrons. The van der Waals surface area contributed by atoms with Crippen molar-refractivity contribution in [2.24, 2.45) is 5.92 Å². The zero-order valence-corrected chi connectivity index (χ0v) is 12.5. The maximum atomic E-state index is 12.3. The molecule has 0 aliphatic carbocycles. The van der Waals surface area contributed by atoms with Crippen molar-refractivity contribution in [1.82, 2.24) is 5.32 Å². The number of hydrogen-bond donors (Lipinski definition) is 2. The fraction of sp³-hybridized carbons (Fsp3) is 0.500. The molecule has 1 amide bonds. The van der Waals surface area contributed by atoms with E-state index in [-0.39, 0.29) is 16.7 Å². The summed E-state index contributed by atoms with van der Waals surface area (Å²) in [5.74, 6) is -0.173. The maximum Gasteiger partial charge on any atom is 0.227 e. The molecular weight excluding hydrogens is 276 g/mol. The van der Waals surface area contributed by atoms with Crippen molar-refractivity contribution in [1.29, 1.82) is 0 Å². The van der Waals surface area contributed by atoms with Gasteiger partial charge < -0.3 is 10.6 Å². The fourth-order valence-electron chi connectivity index (χ4n) is 2.50. The van der Waals surface area contributed by atoms with Gasteiger partial charge in [-0.15, -0.1) is 0 Å². The first-order valence-corrected chi connectivity index (χ1v) is 8.60. The molecule has 0 bridgehead atoms. The Labute approximate surface area is 119 Å². The molecule has 1 aliphatic rings. The second-order valence-corrected chi connectivity index (χ2v) is 7.32. The first-order valence-electron chi connectivity index (χ1n) is 6.71. The van der Waals surface area contributed by atoms with Crippen LogP contribution < -0.4 is 10.6 Å². The van der Waals surface area contributed by atoms with E-state index in [1.54, 1.807) is 18.2 Å². The van der Waals surface area contributed by atoms with Gasteiger partial charge in [0.1, 0.15) is 0 Å². The van der Waals surface area contributed by atoms with E-state index in [1.165, 1.54) is 6.07 Å². The number of benzene rings is 1. The van der Waals surface area contributed by atoms with Gasteiger partial charge in [0.05, 0.1) is 10.6 Å². The van der Waals surface area contributed by atoms with E-state index in [1.807, 2.05) is 6.92 Å². The summed E-state index contributed by atoms with van der Waals surface area (Å²) in [5, 5.41) is 6.05. The molecule has 1 heterocycles. The Morgan fingerprint density at radius 3 is 2.70 bits per heavy atom. The molecule has 0 saturated carbocycles. The smallest absolute Gasteiger partial charge is 0.227 e. The quantitative estimate of drug-likeness (QED) is 0.884. The molecule has 1 fully saturated rings. The number of nitrogens with one attached hydrogen (secondary N) is 2. The third kappa shape index (κ3) is 3.58. The van der Waals surface area contributed by atoms with Crippen LogP contribution in [-0.4, -0.2) is 33.2 Å². The van der Waals surface area contributed by atoms with Crippen molar-refractivity contribution in [2.45, 2.75) is 30.7 Å². The highest BCUT2D eigenvalue weighted by atomic mass is 32.2. The Balaban J connectivity index is 2.16. The lowest BCUT2D eigenvalue weighted by atomic mass is 9.92. The topological polar surface area (TPSA) is 75.3 Å². The third-order valence-corrected chi connectivity index (χ3v) is 4.69. The van der Waals surface area contributed by atoms with Crippen LogP contribution in [0.25, 0.3) is 0 Å². The number of piperidine rings is 1. The average Bonchev–Trinajstić information content (AvgIpc) is 2.38. The third-order valence-electron chi connectivity index (χ3n) is 3.54. The minimum Gasteiger partial charge on any atom is -0.325 e. The summed E-state index contributed by atoms with van der Waals surface area (Å²) >= 11 is 0. The van der Waals surface area contributed by atoms with Gasteiger partial charge in [-0.25, -0.2) is 8.42 Å². The van der Waals surface area contributed by atoms with Crippen molar-refractivity contribution < 1.29 is 13.2 Å². The summed E-state index contributed by atoms with van der Waals surface area (Å²) in [5.41, 5.74) is 0.367. The van der Waals surface area contributed by atoms with Crippen LogP contribution in [0, 0.1) is 5.92 Å². The number of sulfone groups is 1. The molecule has 5 nitrogen and oxygen atoms in total. The highest BCUT2D eigenvalue weighted by molar-refractivity contribution is 7.90. The number of carbonyl (C=O) groups excluding carboxylic acids is 1. The van der Waals surface area contributed by atoms with Crippen molar-refractivity contribution in [3.05, 3.63) is 24.3 Å². The van der Waals surface area contributed by atoms with Gasteiger partial charge in [-0.05, 0) is 38.4 Å². The van der Waals surface area contributed by atoms with Gasteiger partial charge in [-0.1, -0.05) is 12.1 Å². The van der Waals surface area contributed by atoms with Crippen LogP contribution in [0.3, 0.4) is 0 Å². The number of para-hydroxylation sites is 1. The molecule has 2 unspecified atom stereocenters. The summed E-state index contributed by atoms with van der Waals surface area (Å²) in [6, 6.07) is 6.81. The number of amides is 1. The second-order valence-electron chi connectivity index (χ2n) is 5.33. The van der Waals surface area contributed by atoms with Crippen LogP contribution >= 0.6 is 0 Å². The molecule has 1 aromatic carbocycles. The highest BCUT2D eigenvalue weighted by Crippen LogP contribution is 2.23. The van der Waals surface area contributed by atoms with Crippen LogP contribution in [0.2, 0.25) is 0 Å². The van der Waals surface area contributed by atoms with Crippen molar-refractivity contribution in [3.8, 4) is 0 Å². The lowest BCUT2D eigenvalue weighted by Crippen LogP contribution is -2.40. The Morgan fingerprint density at radius 1 is 1.35 bits per heavy atom. The van der Waals surface area contributed by atoms with Crippen molar-refractivity contribution in [2.75, 3.05) is 18.1 Å². The van der Waals surface area contributed by atoms with Gasteiger partial charge in [0.25, 0.3) is 0 Å². The predicted molar refractivity (Wildman–Crippen MR) is 78.4 cm³/mol. The zero-order chi connectivity index (χ0) is 14.8. The first kappa shape index (κ1) is 15.0. The summed E-state index contributed by atoms with van der Waals surface area (Å²) in [6.07, 6.45) is 2.69. The molecule has 2 rings (SSSR count). The molecule has 20 heavy (non-hydrogen) atoms. The summed E-state index contributed by atoms with van der Waals surface area (Å²) in [4.78, 5) is 12.4. The lowest BCUT2D eigenvalue weighted by Gasteiger charge is -2.27. The number of hydrogen-bond acceptors (Lipinski definition) is 4. The van der Waals surface area contributed by atoms with Crippen LogP contribution in [0.5, 0.6) is 0 Å². The first-order chi connectivity index (χ1) is 9.38. The van der Waals surface area contributed by atoms with Gasteiger partial charge in [0, 0.05) is 18.2 Å². The maximum absolute atomic E-state index is 12.3. The molecule has 6 heteroatoms. The minimum atomic E-state index is -3.35. The van der Waals surface area contributed by atoms with E-state index in [4.69, 9.17) is 0 Å². The molecule has 2 atom stereocenters. The van der Waals surface area contributed by atoms with Crippen LogP contribution in [0.4, 0.5) is 5.69 Å². The van der Waals surface area contributed by atoms with Gasteiger partial charge in [-0.3, -0.25) is 4.79 Å². The van der Waals surface area contributed by atoms with E-state index in [0.29, 0.717) is 11.7 Å². The Kier molecular flexibility index (Phi) is 4.45. The van der Waals surface area contributed by atoms with E-state index < -0.39 is 9.84 Å². The molecule has 2 N–H and O–H groups in total. The Morgan fingerprint density at radius 2 is 2.05 bits per heavy atom. The standard InChI is InChI=1S/C14H20N2O3S/c1-10-9-11(7-8-15-10)14(17)16-12-5-3-4-6-13(12)20(2,18)19/h3-6,10-11,15H,7-9H2,1-2H3,(H,16,17). The van der Waals surface area contributed by atoms with Crippen molar-refractivity contribution in [3.63, 3.8) is 0 Å². The monoisotopic (exact) mass is 296 g/mol. The van der Waals surface area contributed by atoms with Gasteiger partial charge >= 0.3 is 0 Å². The van der Waals surface area contributed by atoms with Gasteiger partial charge in [0.15, 0.2) is 9.84 Å². The second kappa shape index (κ2) is 5.93. The summed E-state index contributed by atoms with van der Waals surface area (Å²) in [6.45, 7) is 2.86. The molecule has 110 valence electrons. The van der Waals surface area contributed by atoms with E-state index in [9.17, 15) is 13.2 Å². The van der Waals surface area contributed by atoms with Gasteiger partial charge in [-0.2, -0.15) is 0 Å². The zero-order valence-electron chi connectivity index (χ0n) is 11.7. The Bertz CT molecular complexity index is 598. The molecule has 1 saturated heterocycles. The number of anilines is 1. The SMILES string of the molecule is CC1CC(C(=O)Nc2ccccc2S(C)(=O)=O)CCN1. The van der Waals surface area contributed by atoms with E-state index in [0.717, 1.165) is 25.6 Å². The van der Waals surface area contributed by atoms with Crippen molar-refractivity contribution >= 4 is 21.4 Å². The van der Waals surface area contributed by atoms with Crippen LogP contribution in [0.1, 0.15) is 19.8 Å². The summed E-state index contributed by atoms with van der Waals surface area (Å²) < 4.78 is 23.4. The van der Waals surface area contributed by atoms with Crippen LogP contribution in [-0.2, 0) is 14.6 Å². The number of carbonyl (C=O) groups is 1. The Hall–Kier alpha value is -1.40. The molecular formula is C14H20N2O3S. The van der Waals surface area contributed by atoms with E-state index >= 15 is 0 Å². The van der Waals surface area contributed by atoms with E-state index in [2.05, 4.69) is 10.6 Å².